The summed E-state index contributed by atoms with van der Waals surface area (Å²) in [5, 5.41) is 17.6. The third-order valence-electron chi connectivity index (χ3n) is 1.06. The number of quaternary nitrogens is 1. The van der Waals surface area contributed by atoms with Crippen LogP contribution in [0.4, 0.5) is 0 Å². The molecular weight excluding hydrogens is 285 g/mol. The molecule has 0 aromatic rings. The molecule has 0 atom stereocenters. The van der Waals surface area contributed by atoms with Gasteiger partial charge in [0.05, 0.1) is 27.7 Å². The van der Waals surface area contributed by atoms with Gasteiger partial charge in [-0.15, -0.1) is 24.0 Å². The Hall–Kier alpha value is 0.120. The van der Waals surface area contributed by atoms with Gasteiger partial charge in [-0.25, -0.2) is 0 Å². The normalized spacial score (nSPS) is 9.31. The van der Waals surface area contributed by atoms with Crippen molar-refractivity contribution in [2.45, 2.75) is 13.3 Å². The molecule has 82 valence electrons. The molecule has 0 aromatic heterocycles. The number of aliphatic hydroxyl groups is 1. The minimum Gasteiger partial charge on any atom is -0.550 e. The van der Waals surface area contributed by atoms with E-state index in [2.05, 4.69) is 21.1 Å². The van der Waals surface area contributed by atoms with Crippen LogP contribution in [-0.4, -0.2) is 49.9 Å². The number of aliphatic carboxylic acids is 1. The molecule has 0 bridgehead atoms. The molecule has 0 aliphatic carbocycles. The Morgan fingerprint density at radius 3 is 1.69 bits per heavy atom. The topological polar surface area (TPSA) is 60.4 Å². The largest absolute Gasteiger partial charge is 0.550 e. The number of hydrogen-bond acceptors (Lipinski definition) is 3. The smallest absolute Gasteiger partial charge is 0.101 e. The summed E-state index contributed by atoms with van der Waals surface area (Å²) in [7, 11) is 6.16. The minimum atomic E-state index is -0.995. The highest BCUT2D eigenvalue weighted by atomic mass is 127. The van der Waals surface area contributed by atoms with Crippen LogP contribution in [0.5, 0.6) is 0 Å². The Morgan fingerprint density at radius 1 is 1.38 bits per heavy atom. The van der Waals surface area contributed by atoms with E-state index in [0.29, 0.717) is 0 Å². The van der Waals surface area contributed by atoms with Crippen molar-refractivity contribution in [3.8, 4) is 0 Å². The minimum absolute atomic E-state index is 0. The van der Waals surface area contributed by atoms with Gasteiger partial charge in [0.2, 0.25) is 0 Å². The molecule has 0 spiro atoms. The van der Waals surface area contributed by atoms with Gasteiger partial charge >= 0.3 is 0 Å². The van der Waals surface area contributed by atoms with Crippen LogP contribution in [0.3, 0.4) is 0 Å². The number of carboxylic acid groups (broad SMARTS) is 1. The molecule has 0 aliphatic heterocycles. The maximum atomic E-state index is 9.26. The summed E-state index contributed by atoms with van der Waals surface area (Å²) in [6.07, 6.45) is 0.111. The molecule has 5 heteroatoms. The lowest BCUT2D eigenvalue weighted by atomic mass is 10.5. The number of aliphatic hydroxyl groups excluding tert-OH is 1. The Labute approximate surface area is 97.2 Å². The molecular formula is C8H20INO3. The highest BCUT2D eigenvalue weighted by Crippen LogP contribution is 1.84. The van der Waals surface area contributed by atoms with Crippen LogP contribution in [0.1, 0.15) is 13.3 Å². The molecule has 0 heterocycles. The first-order valence-electron chi connectivity index (χ1n) is 3.94. The lowest BCUT2D eigenvalue weighted by Gasteiger charge is -2.21. The zero-order chi connectivity index (χ0) is 10.2. The Balaban J connectivity index is -0.000000150. The molecule has 1 N–H and O–H groups in total. The fourth-order valence-electron chi connectivity index (χ4n) is 0.300. The predicted octanol–water partition coefficient (Wildman–Crippen LogP) is -0.551. The average Bonchev–Trinajstić information content (AvgIpc) is 1.86. The van der Waals surface area contributed by atoms with Gasteiger partial charge in [-0.1, -0.05) is 6.92 Å². The fraction of sp³-hybridized carbons (Fsp3) is 0.875. The monoisotopic (exact) mass is 305 g/mol. The summed E-state index contributed by atoms with van der Waals surface area (Å²) >= 11 is 0. The van der Waals surface area contributed by atoms with E-state index in [1.807, 2.05) is 0 Å². The van der Waals surface area contributed by atoms with Gasteiger partial charge in [0, 0.05) is 5.97 Å². The van der Waals surface area contributed by atoms with Crippen molar-refractivity contribution >= 4 is 29.9 Å². The maximum Gasteiger partial charge on any atom is 0.101 e. The van der Waals surface area contributed by atoms with Gasteiger partial charge in [-0.2, -0.15) is 0 Å². The standard InChI is InChI=1S/C5H14NO.C3H6O2.HI/c1-6(2,3)4-5-7;1-2-3(4)5;/h7H,4-5H2,1-3H3;2H2,1H3,(H,4,5);1H/q+1;;/p-1. The second kappa shape index (κ2) is 10.2. The molecule has 0 saturated heterocycles. The number of carbonyl (C=O) groups excluding carboxylic acids is 1. The zero-order valence-electron chi connectivity index (χ0n) is 8.74. The summed E-state index contributed by atoms with van der Waals surface area (Å²) in [4.78, 5) is 9.26. The highest BCUT2D eigenvalue weighted by Gasteiger charge is 2.02. The SMILES string of the molecule is CCC(=O)[O-].C[N+](C)(C)CCO.I. The van der Waals surface area contributed by atoms with E-state index in [1.54, 1.807) is 0 Å². The van der Waals surface area contributed by atoms with E-state index >= 15 is 0 Å². The highest BCUT2D eigenvalue weighted by molar-refractivity contribution is 14.0. The van der Waals surface area contributed by atoms with E-state index < -0.39 is 5.97 Å². The second-order valence-corrected chi connectivity index (χ2v) is 3.46. The van der Waals surface area contributed by atoms with Crippen molar-refractivity contribution in [2.24, 2.45) is 0 Å². The molecule has 0 saturated carbocycles. The predicted molar refractivity (Wildman–Crippen MR) is 60.7 cm³/mol. The van der Waals surface area contributed by atoms with Crippen molar-refractivity contribution in [2.75, 3.05) is 34.3 Å². The van der Waals surface area contributed by atoms with Crippen LogP contribution >= 0.6 is 24.0 Å². The second-order valence-electron chi connectivity index (χ2n) is 3.46. The molecule has 0 unspecified atom stereocenters. The van der Waals surface area contributed by atoms with E-state index in [0.717, 1.165) is 11.0 Å². The van der Waals surface area contributed by atoms with Crippen molar-refractivity contribution in [3.05, 3.63) is 0 Å². The summed E-state index contributed by atoms with van der Waals surface area (Å²) in [5.74, 6) is -0.995. The molecule has 0 amide bonds. The Morgan fingerprint density at radius 2 is 1.69 bits per heavy atom. The molecule has 0 radical (unpaired) electrons. The van der Waals surface area contributed by atoms with E-state index in [4.69, 9.17) is 5.11 Å². The van der Waals surface area contributed by atoms with Gasteiger partial charge in [-0.3, -0.25) is 0 Å². The quantitative estimate of drug-likeness (QED) is 0.562. The first-order valence-corrected chi connectivity index (χ1v) is 3.94. The van der Waals surface area contributed by atoms with Crippen molar-refractivity contribution in [3.63, 3.8) is 0 Å². The number of nitrogens with zero attached hydrogens (tertiary/aromatic N) is 1. The Bertz CT molecular complexity index is 123. The van der Waals surface area contributed by atoms with Crippen LogP contribution in [0, 0.1) is 0 Å². The number of hydrogen-bond donors (Lipinski definition) is 1. The van der Waals surface area contributed by atoms with Crippen molar-refractivity contribution in [1.82, 2.24) is 0 Å². The molecule has 0 rings (SSSR count). The Kier molecular flexibility index (Phi) is 14.8. The number of halogens is 1. The van der Waals surface area contributed by atoms with Crippen molar-refractivity contribution < 1.29 is 19.5 Å². The summed E-state index contributed by atoms with van der Waals surface area (Å²) < 4.78 is 0.844. The first kappa shape index (κ1) is 18.8. The first-order chi connectivity index (χ1) is 5.33. The summed E-state index contributed by atoms with van der Waals surface area (Å²) in [5.41, 5.74) is 0. The van der Waals surface area contributed by atoms with E-state index in [-0.39, 0.29) is 37.0 Å². The van der Waals surface area contributed by atoms with Crippen LogP contribution < -0.4 is 5.11 Å². The van der Waals surface area contributed by atoms with Crippen molar-refractivity contribution in [1.29, 1.82) is 0 Å². The van der Waals surface area contributed by atoms with Gasteiger partial charge in [-0.05, 0) is 6.42 Å². The third kappa shape index (κ3) is 33.1. The summed E-state index contributed by atoms with van der Waals surface area (Å²) in [6.45, 7) is 2.65. The molecule has 0 aromatic carbocycles. The molecule has 0 fully saturated rings. The van der Waals surface area contributed by atoms with E-state index in [9.17, 15) is 9.90 Å². The molecule has 4 nitrogen and oxygen atoms in total. The molecule has 0 aliphatic rings. The van der Waals surface area contributed by atoms with Gasteiger partial charge in [0.15, 0.2) is 0 Å². The average molecular weight is 305 g/mol. The third-order valence-corrected chi connectivity index (χ3v) is 1.06. The summed E-state index contributed by atoms with van der Waals surface area (Å²) in [6, 6.07) is 0. The van der Waals surface area contributed by atoms with Crippen LogP contribution in [0.15, 0.2) is 0 Å². The zero-order valence-corrected chi connectivity index (χ0v) is 11.1. The number of likely N-dealkylation sites (N-methyl/N-ethyl adjacent to an activating group) is 1. The fourth-order valence-corrected chi connectivity index (χ4v) is 0.300. The van der Waals surface area contributed by atoms with Gasteiger partial charge < -0.3 is 19.5 Å². The lowest BCUT2D eigenvalue weighted by Crippen LogP contribution is -2.36. The van der Waals surface area contributed by atoms with Gasteiger partial charge in [0.1, 0.15) is 6.54 Å². The number of carboxylic acids is 1. The van der Waals surface area contributed by atoms with E-state index in [1.165, 1.54) is 6.92 Å². The van der Waals surface area contributed by atoms with Gasteiger partial charge in [0.25, 0.3) is 0 Å². The number of rotatable bonds is 3. The van der Waals surface area contributed by atoms with Crippen LogP contribution in [0.25, 0.3) is 0 Å². The molecule has 13 heavy (non-hydrogen) atoms. The lowest BCUT2D eigenvalue weighted by molar-refractivity contribution is -0.870. The number of carbonyl (C=O) groups is 1. The van der Waals surface area contributed by atoms with Crippen LogP contribution in [0.2, 0.25) is 0 Å². The van der Waals surface area contributed by atoms with Crippen LogP contribution in [-0.2, 0) is 4.79 Å². The maximum absolute atomic E-state index is 9.26.